The minimum absolute atomic E-state index is 0.843. The quantitative estimate of drug-likeness (QED) is 0.482. The van der Waals surface area contributed by atoms with Gasteiger partial charge in [0.15, 0.2) is 0 Å². The van der Waals surface area contributed by atoms with Crippen LogP contribution in [0.15, 0.2) is 0 Å². The first kappa shape index (κ1) is 6.00. The second-order valence-corrected chi connectivity index (χ2v) is 2.04. The van der Waals surface area contributed by atoms with Crippen LogP contribution in [-0.2, 0) is 0 Å². The third kappa shape index (κ3) is 4.00. The topological polar surface area (TPSA) is 0 Å². The highest BCUT2D eigenvalue weighted by Crippen LogP contribution is 1.99. The van der Waals surface area contributed by atoms with E-state index in [4.69, 9.17) is 0 Å². The Bertz CT molecular complexity index is 21.2. The van der Waals surface area contributed by atoms with Crippen molar-refractivity contribution in [3.8, 4) is 0 Å². The zero-order valence-electron chi connectivity index (χ0n) is 4.86. The first-order valence-electron chi connectivity index (χ1n) is 2.55. The van der Waals surface area contributed by atoms with E-state index in [1.54, 1.807) is 0 Å². The first-order chi connectivity index (χ1) is 2.77. The third-order valence-electron chi connectivity index (χ3n) is 0.707. The lowest BCUT2D eigenvalue weighted by atomic mass is 10.1. The molecule has 0 amide bonds. The van der Waals surface area contributed by atoms with E-state index in [0.29, 0.717) is 0 Å². The van der Waals surface area contributed by atoms with Gasteiger partial charge >= 0.3 is 0 Å². The van der Waals surface area contributed by atoms with Crippen molar-refractivity contribution in [3.05, 3.63) is 6.42 Å². The molecule has 0 heterocycles. The minimum atomic E-state index is 0.843. The fourth-order valence-corrected chi connectivity index (χ4v) is 0.471. The molecule has 0 saturated heterocycles. The summed E-state index contributed by atoms with van der Waals surface area (Å²) in [5, 5.41) is 0. The van der Waals surface area contributed by atoms with Crippen molar-refractivity contribution in [2.75, 3.05) is 0 Å². The van der Waals surface area contributed by atoms with Crippen LogP contribution in [0.3, 0.4) is 0 Å². The molecule has 0 N–H and O–H groups in total. The highest BCUT2D eigenvalue weighted by Gasteiger charge is 1.85. The summed E-state index contributed by atoms with van der Waals surface area (Å²) >= 11 is 0. The maximum Gasteiger partial charge on any atom is -0.0414 e. The van der Waals surface area contributed by atoms with Gasteiger partial charge in [0.1, 0.15) is 0 Å². The summed E-state index contributed by atoms with van der Waals surface area (Å²) in [6.07, 6.45) is 3.45. The Labute approximate surface area is 40.6 Å². The van der Waals surface area contributed by atoms with E-state index in [1.165, 1.54) is 6.42 Å². The summed E-state index contributed by atoms with van der Waals surface area (Å²) in [5.74, 6) is 0.843. The summed E-state index contributed by atoms with van der Waals surface area (Å²) in [6.45, 7) is 6.54. The first-order valence-corrected chi connectivity index (χ1v) is 2.55. The Balaban J connectivity index is 2.63. The minimum Gasteiger partial charge on any atom is -0.0628 e. The SMILES string of the molecule is C[CH]CC(C)C. The summed E-state index contributed by atoms with van der Waals surface area (Å²) < 4.78 is 0. The zero-order valence-corrected chi connectivity index (χ0v) is 4.86. The molecule has 0 rings (SSSR count). The van der Waals surface area contributed by atoms with Crippen LogP contribution >= 0.6 is 0 Å². The second-order valence-electron chi connectivity index (χ2n) is 2.04. The Morgan fingerprint density at radius 1 is 1.50 bits per heavy atom. The van der Waals surface area contributed by atoms with Gasteiger partial charge in [0, 0.05) is 0 Å². The molecule has 6 heavy (non-hydrogen) atoms. The number of hydrogen-bond acceptors (Lipinski definition) is 0. The van der Waals surface area contributed by atoms with Crippen LogP contribution in [0.5, 0.6) is 0 Å². The molecule has 0 aliphatic rings. The maximum absolute atomic E-state index is 2.22. The molecule has 0 aromatic rings. The lowest BCUT2D eigenvalue weighted by molar-refractivity contribution is 0.639. The van der Waals surface area contributed by atoms with Gasteiger partial charge in [-0.3, -0.25) is 0 Å². The smallest absolute Gasteiger partial charge is 0.0414 e. The van der Waals surface area contributed by atoms with E-state index in [-0.39, 0.29) is 0 Å². The predicted molar refractivity (Wildman–Crippen MR) is 29.4 cm³/mol. The largest absolute Gasteiger partial charge is 0.0628 e. The van der Waals surface area contributed by atoms with E-state index in [1.807, 2.05) is 0 Å². The normalized spacial score (nSPS) is 10.0. The van der Waals surface area contributed by atoms with Gasteiger partial charge in [0.25, 0.3) is 0 Å². The van der Waals surface area contributed by atoms with Crippen LogP contribution in [0.1, 0.15) is 27.2 Å². The second kappa shape index (κ2) is 3.20. The molecule has 0 aromatic heterocycles. The van der Waals surface area contributed by atoms with Gasteiger partial charge in [-0.1, -0.05) is 20.8 Å². The molecule has 1 radical (unpaired) electrons. The van der Waals surface area contributed by atoms with Crippen LogP contribution in [0.4, 0.5) is 0 Å². The summed E-state index contributed by atoms with van der Waals surface area (Å²) in [4.78, 5) is 0. The Hall–Kier alpha value is 0. The molecule has 0 heteroatoms. The van der Waals surface area contributed by atoms with E-state index < -0.39 is 0 Å². The Morgan fingerprint density at radius 3 is 2.00 bits per heavy atom. The van der Waals surface area contributed by atoms with E-state index >= 15 is 0 Å². The average Bonchev–Trinajstić information content (AvgIpc) is 1.35. The van der Waals surface area contributed by atoms with Gasteiger partial charge in [-0.2, -0.15) is 0 Å². The van der Waals surface area contributed by atoms with Gasteiger partial charge in [-0.15, -0.1) is 0 Å². The summed E-state index contributed by atoms with van der Waals surface area (Å²) in [6, 6.07) is 0. The fraction of sp³-hybridized carbons (Fsp3) is 0.833. The number of hydrogen-bond donors (Lipinski definition) is 0. The molecule has 0 unspecified atom stereocenters. The van der Waals surface area contributed by atoms with Crippen molar-refractivity contribution in [3.63, 3.8) is 0 Å². The molecular formula is C6H13. The van der Waals surface area contributed by atoms with Crippen LogP contribution in [-0.4, -0.2) is 0 Å². The van der Waals surface area contributed by atoms with Crippen molar-refractivity contribution >= 4 is 0 Å². The maximum atomic E-state index is 2.22. The molecule has 0 fully saturated rings. The Morgan fingerprint density at radius 2 is 2.00 bits per heavy atom. The zero-order chi connectivity index (χ0) is 4.99. The monoisotopic (exact) mass is 85.1 g/mol. The molecule has 0 aliphatic heterocycles. The Kier molecular flexibility index (Phi) is 3.20. The van der Waals surface area contributed by atoms with Gasteiger partial charge < -0.3 is 0 Å². The summed E-state index contributed by atoms with van der Waals surface area (Å²) in [5.41, 5.74) is 0. The highest BCUT2D eigenvalue weighted by molar-refractivity contribution is 4.57. The molecule has 0 aliphatic carbocycles. The van der Waals surface area contributed by atoms with Crippen LogP contribution in [0.2, 0.25) is 0 Å². The fourth-order valence-electron chi connectivity index (χ4n) is 0.471. The summed E-state index contributed by atoms with van der Waals surface area (Å²) in [7, 11) is 0. The van der Waals surface area contributed by atoms with Crippen molar-refractivity contribution in [2.45, 2.75) is 27.2 Å². The van der Waals surface area contributed by atoms with Gasteiger partial charge in [0.05, 0.1) is 0 Å². The molecule has 37 valence electrons. The lowest BCUT2D eigenvalue weighted by Crippen LogP contribution is -1.82. The van der Waals surface area contributed by atoms with Gasteiger partial charge in [-0.25, -0.2) is 0 Å². The highest BCUT2D eigenvalue weighted by atomic mass is 13.9. The van der Waals surface area contributed by atoms with Crippen molar-refractivity contribution < 1.29 is 0 Å². The van der Waals surface area contributed by atoms with Crippen LogP contribution < -0.4 is 0 Å². The van der Waals surface area contributed by atoms with E-state index in [2.05, 4.69) is 27.2 Å². The molecular weight excluding hydrogens is 72.1 g/mol. The predicted octanol–water partition coefficient (Wildman–Crippen LogP) is 2.26. The third-order valence-corrected chi connectivity index (χ3v) is 0.707. The molecule has 0 saturated carbocycles. The number of rotatable bonds is 2. The molecule has 0 atom stereocenters. The average molecular weight is 85.2 g/mol. The van der Waals surface area contributed by atoms with Crippen molar-refractivity contribution in [1.29, 1.82) is 0 Å². The molecule has 0 spiro atoms. The standard InChI is InChI=1S/C6H13/c1-4-5-6(2)3/h4,6H,5H2,1-3H3. The van der Waals surface area contributed by atoms with E-state index in [9.17, 15) is 0 Å². The van der Waals surface area contributed by atoms with Gasteiger partial charge in [0.2, 0.25) is 0 Å². The van der Waals surface area contributed by atoms with Crippen LogP contribution in [0.25, 0.3) is 0 Å². The molecule has 0 aromatic carbocycles. The molecule has 0 nitrogen and oxygen atoms in total. The van der Waals surface area contributed by atoms with Crippen LogP contribution in [0, 0.1) is 12.3 Å². The van der Waals surface area contributed by atoms with E-state index in [0.717, 1.165) is 5.92 Å². The van der Waals surface area contributed by atoms with Crippen molar-refractivity contribution in [2.24, 2.45) is 5.92 Å². The van der Waals surface area contributed by atoms with Gasteiger partial charge in [-0.05, 0) is 18.8 Å². The lowest BCUT2D eigenvalue weighted by Gasteiger charge is -1.95. The molecule has 0 bridgehead atoms. The van der Waals surface area contributed by atoms with Crippen molar-refractivity contribution in [1.82, 2.24) is 0 Å².